The lowest BCUT2D eigenvalue weighted by atomic mass is 9.98. The molecule has 0 atom stereocenters. The second kappa shape index (κ2) is 13.5. The van der Waals surface area contributed by atoms with Crippen molar-refractivity contribution in [3.63, 3.8) is 0 Å². The minimum absolute atomic E-state index is 0.301. The summed E-state index contributed by atoms with van der Waals surface area (Å²) < 4.78 is 0. The fourth-order valence-corrected chi connectivity index (χ4v) is 3.91. The Morgan fingerprint density at radius 3 is 1.78 bits per heavy atom. The Labute approximate surface area is 166 Å². The average Bonchev–Trinajstić information content (AvgIpc) is 2.71. The van der Waals surface area contributed by atoms with Crippen molar-refractivity contribution in [1.82, 2.24) is 0 Å². The number of ketones is 1. The van der Waals surface area contributed by atoms with Gasteiger partial charge >= 0.3 is 0 Å². The van der Waals surface area contributed by atoms with E-state index in [2.05, 4.69) is 25.1 Å². The second-order valence-electron chi connectivity index (χ2n) is 7.94. The van der Waals surface area contributed by atoms with Crippen molar-refractivity contribution < 1.29 is 4.79 Å². The van der Waals surface area contributed by atoms with Gasteiger partial charge in [-0.3, -0.25) is 4.79 Å². The van der Waals surface area contributed by atoms with Crippen molar-refractivity contribution in [2.24, 2.45) is 0 Å². The number of rotatable bonds is 15. The number of unbranched alkanes of at least 4 members (excludes halogenated alkanes) is 12. The number of Topliss-reactive ketones (excluding diaryl/α,β-unsaturated/α-hetero) is 1. The van der Waals surface area contributed by atoms with Crippen LogP contribution in [0.25, 0.3) is 10.8 Å². The van der Waals surface area contributed by atoms with Crippen molar-refractivity contribution >= 4 is 16.6 Å². The third kappa shape index (κ3) is 8.28. The van der Waals surface area contributed by atoms with E-state index in [4.69, 9.17) is 0 Å². The van der Waals surface area contributed by atoms with Gasteiger partial charge in [-0.05, 0) is 17.2 Å². The van der Waals surface area contributed by atoms with E-state index in [1.165, 1.54) is 77.0 Å². The maximum atomic E-state index is 12.6. The van der Waals surface area contributed by atoms with Crippen molar-refractivity contribution in [3.05, 3.63) is 48.0 Å². The maximum absolute atomic E-state index is 12.6. The van der Waals surface area contributed by atoms with Gasteiger partial charge in [0.05, 0.1) is 0 Å². The summed E-state index contributed by atoms with van der Waals surface area (Å²) in [4.78, 5) is 12.6. The van der Waals surface area contributed by atoms with E-state index in [0.29, 0.717) is 12.2 Å². The van der Waals surface area contributed by atoms with Crippen LogP contribution in [0.15, 0.2) is 42.5 Å². The molecule has 0 aliphatic rings. The minimum atomic E-state index is 0.301. The molecule has 1 nitrogen and oxygen atoms in total. The molecule has 0 aliphatic heterocycles. The van der Waals surface area contributed by atoms with E-state index in [9.17, 15) is 4.79 Å². The maximum Gasteiger partial charge on any atom is 0.163 e. The Balaban J connectivity index is 1.50. The van der Waals surface area contributed by atoms with E-state index in [-0.39, 0.29) is 0 Å². The summed E-state index contributed by atoms with van der Waals surface area (Å²) in [6, 6.07) is 14.3. The summed E-state index contributed by atoms with van der Waals surface area (Å²) >= 11 is 0. The molecule has 0 fully saturated rings. The highest BCUT2D eigenvalue weighted by molar-refractivity contribution is 6.08. The first-order valence-corrected chi connectivity index (χ1v) is 11.3. The van der Waals surface area contributed by atoms with Crippen LogP contribution in [0, 0.1) is 0 Å². The van der Waals surface area contributed by atoms with Crippen LogP contribution in [0.2, 0.25) is 0 Å². The highest BCUT2D eigenvalue weighted by Gasteiger charge is 2.09. The zero-order valence-corrected chi connectivity index (χ0v) is 17.3. The average molecular weight is 367 g/mol. The molecular weight excluding hydrogens is 328 g/mol. The van der Waals surface area contributed by atoms with Gasteiger partial charge in [0.1, 0.15) is 0 Å². The van der Waals surface area contributed by atoms with Crippen LogP contribution in [0.4, 0.5) is 0 Å². The lowest BCUT2D eigenvalue weighted by Crippen LogP contribution is -2.00. The number of carbonyl (C=O) groups excluding carboxylic acids is 1. The van der Waals surface area contributed by atoms with Crippen LogP contribution in [-0.4, -0.2) is 5.78 Å². The highest BCUT2D eigenvalue weighted by atomic mass is 16.1. The van der Waals surface area contributed by atoms with E-state index < -0.39 is 0 Å². The topological polar surface area (TPSA) is 17.1 Å². The second-order valence-corrected chi connectivity index (χ2v) is 7.94. The SMILES string of the molecule is CCCCCCCCCCCCCCCC(=O)c1cccc2ccccc12. The molecule has 0 saturated heterocycles. The Kier molecular flexibility index (Phi) is 10.9. The monoisotopic (exact) mass is 366 g/mol. The van der Waals surface area contributed by atoms with Crippen molar-refractivity contribution in [2.45, 2.75) is 96.8 Å². The smallest absolute Gasteiger partial charge is 0.163 e. The zero-order chi connectivity index (χ0) is 19.2. The lowest BCUT2D eigenvalue weighted by Gasteiger charge is -2.06. The van der Waals surface area contributed by atoms with Crippen LogP contribution in [0.1, 0.15) is 107 Å². The first-order valence-electron chi connectivity index (χ1n) is 11.3. The molecule has 0 spiro atoms. The molecule has 0 radical (unpaired) electrons. The van der Waals surface area contributed by atoms with Gasteiger partial charge in [-0.25, -0.2) is 0 Å². The van der Waals surface area contributed by atoms with Crippen LogP contribution in [0.5, 0.6) is 0 Å². The molecule has 2 aromatic carbocycles. The molecule has 2 aromatic rings. The third-order valence-corrected chi connectivity index (χ3v) is 5.60. The summed E-state index contributed by atoms with van der Waals surface area (Å²) in [5.74, 6) is 0.301. The van der Waals surface area contributed by atoms with E-state index in [1.807, 2.05) is 24.3 Å². The normalized spacial score (nSPS) is 11.1. The van der Waals surface area contributed by atoms with Gasteiger partial charge in [0.25, 0.3) is 0 Å². The molecule has 0 unspecified atom stereocenters. The molecule has 148 valence electrons. The number of hydrogen-bond acceptors (Lipinski definition) is 1. The summed E-state index contributed by atoms with van der Waals surface area (Å²) in [5.41, 5.74) is 0.895. The van der Waals surface area contributed by atoms with Gasteiger partial charge in [0.2, 0.25) is 0 Å². The molecule has 0 saturated carbocycles. The summed E-state index contributed by atoms with van der Waals surface area (Å²) in [7, 11) is 0. The predicted octanol–water partition coefficient (Wildman–Crippen LogP) is 8.50. The molecule has 0 amide bonds. The number of carbonyl (C=O) groups is 1. The van der Waals surface area contributed by atoms with Gasteiger partial charge < -0.3 is 0 Å². The molecule has 1 heteroatoms. The summed E-state index contributed by atoms with van der Waals surface area (Å²) in [6.45, 7) is 2.28. The molecular formula is C26H38O. The Morgan fingerprint density at radius 1 is 0.630 bits per heavy atom. The van der Waals surface area contributed by atoms with E-state index in [0.717, 1.165) is 22.8 Å². The van der Waals surface area contributed by atoms with Crippen molar-refractivity contribution in [3.8, 4) is 0 Å². The van der Waals surface area contributed by atoms with Crippen LogP contribution < -0.4 is 0 Å². The molecule has 0 aromatic heterocycles. The molecule has 27 heavy (non-hydrogen) atoms. The van der Waals surface area contributed by atoms with Gasteiger partial charge in [0, 0.05) is 12.0 Å². The quantitative estimate of drug-likeness (QED) is 0.228. The van der Waals surface area contributed by atoms with Gasteiger partial charge in [-0.1, -0.05) is 126 Å². The number of benzene rings is 2. The Hall–Kier alpha value is -1.63. The first kappa shape index (κ1) is 21.7. The first-order chi connectivity index (χ1) is 13.3. The fraction of sp³-hybridized carbons (Fsp3) is 0.577. The summed E-state index contributed by atoms with van der Waals surface area (Å²) in [6.07, 6.45) is 18.1. The Bertz CT molecular complexity index is 653. The van der Waals surface area contributed by atoms with E-state index in [1.54, 1.807) is 0 Å². The van der Waals surface area contributed by atoms with E-state index >= 15 is 0 Å². The largest absolute Gasteiger partial charge is 0.294 e. The molecule has 0 aliphatic carbocycles. The zero-order valence-electron chi connectivity index (χ0n) is 17.3. The van der Waals surface area contributed by atoms with Gasteiger partial charge in [-0.2, -0.15) is 0 Å². The van der Waals surface area contributed by atoms with Gasteiger partial charge in [0.15, 0.2) is 5.78 Å². The van der Waals surface area contributed by atoms with Crippen LogP contribution in [0.3, 0.4) is 0 Å². The predicted molar refractivity (Wildman–Crippen MR) is 119 cm³/mol. The molecule has 2 rings (SSSR count). The standard InChI is InChI=1S/C26H38O/c1-2-3-4-5-6-7-8-9-10-11-12-13-14-22-26(27)25-21-17-19-23-18-15-16-20-24(23)25/h15-21H,2-14,22H2,1H3. The van der Waals surface area contributed by atoms with Crippen LogP contribution in [-0.2, 0) is 0 Å². The fourth-order valence-electron chi connectivity index (χ4n) is 3.91. The number of fused-ring (bicyclic) bond motifs is 1. The minimum Gasteiger partial charge on any atom is -0.294 e. The molecule has 0 bridgehead atoms. The van der Waals surface area contributed by atoms with Crippen molar-refractivity contribution in [2.75, 3.05) is 0 Å². The van der Waals surface area contributed by atoms with Gasteiger partial charge in [-0.15, -0.1) is 0 Å². The highest BCUT2D eigenvalue weighted by Crippen LogP contribution is 2.21. The molecule has 0 N–H and O–H groups in total. The van der Waals surface area contributed by atoms with Crippen LogP contribution >= 0.6 is 0 Å². The summed E-state index contributed by atoms with van der Waals surface area (Å²) in [5, 5.41) is 2.26. The van der Waals surface area contributed by atoms with Crippen molar-refractivity contribution in [1.29, 1.82) is 0 Å². The third-order valence-electron chi connectivity index (χ3n) is 5.60. The molecule has 0 heterocycles. The Morgan fingerprint density at radius 2 is 1.15 bits per heavy atom. The lowest BCUT2D eigenvalue weighted by molar-refractivity contribution is 0.0980. The number of hydrogen-bond donors (Lipinski definition) is 0.